The summed E-state index contributed by atoms with van der Waals surface area (Å²) in [7, 11) is 1.56. The number of benzene rings is 2. The predicted molar refractivity (Wildman–Crippen MR) is 78.3 cm³/mol. The minimum Gasteiger partial charge on any atom is -0.493 e. The third-order valence-electron chi connectivity index (χ3n) is 2.78. The van der Waals surface area contributed by atoms with Crippen molar-refractivity contribution in [3.05, 3.63) is 63.5 Å². The van der Waals surface area contributed by atoms with Gasteiger partial charge in [-0.3, -0.25) is 0 Å². The molecule has 2 aromatic rings. The van der Waals surface area contributed by atoms with Crippen LogP contribution < -0.4 is 9.47 Å². The molecular formula is C15H14ClNO3. The van der Waals surface area contributed by atoms with Crippen LogP contribution >= 0.6 is 11.6 Å². The topological polar surface area (TPSA) is 47.9 Å². The van der Waals surface area contributed by atoms with E-state index in [2.05, 4.69) is 5.18 Å². The monoisotopic (exact) mass is 291 g/mol. The molecule has 5 heteroatoms. The molecule has 0 saturated carbocycles. The molecular weight excluding hydrogens is 278 g/mol. The third kappa shape index (κ3) is 3.71. The van der Waals surface area contributed by atoms with Crippen molar-refractivity contribution in [2.75, 3.05) is 7.11 Å². The Bertz CT molecular complexity index is 584. The van der Waals surface area contributed by atoms with Crippen LogP contribution in [-0.2, 0) is 13.2 Å². The number of hydrogen-bond donors (Lipinski definition) is 0. The maximum absolute atomic E-state index is 10.3. The van der Waals surface area contributed by atoms with E-state index in [4.69, 9.17) is 21.1 Å². The lowest BCUT2D eigenvalue weighted by atomic mass is 10.2. The van der Waals surface area contributed by atoms with Gasteiger partial charge in [0.25, 0.3) is 0 Å². The van der Waals surface area contributed by atoms with E-state index in [1.165, 1.54) is 0 Å². The van der Waals surface area contributed by atoms with E-state index in [0.29, 0.717) is 23.1 Å². The van der Waals surface area contributed by atoms with Gasteiger partial charge in [0.2, 0.25) is 0 Å². The zero-order chi connectivity index (χ0) is 14.4. The minimum absolute atomic E-state index is 0.119. The van der Waals surface area contributed by atoms with E-state index in [1.54, 1.807) is 25.3 Å². The summed E-state index contributed by atoms with van der Waals surface area (Å²) in [6, 6.07) is 12.8. The fourth-order valence-electron chi connectivity index (χ4n) is 1.75. The Balaban J connectivity index is 2.08. The Labute approximate surface area is 122 Å². The van der Waals surface area contributed by atoms with Crippen LogP contribution in [0.4, 0.5) is 0 Å². The quantitative estimate of drug-likeness (QED) is 0.750. The Morgan fingerprint density at radius 3 is 2.40 bits per heavy atom. The molecule has 0 unspecified atom stereocenters. The van der Waals surface area contributed by atoms with Crippen LogP contribution in [0.25, 0.3) is 0 Å². The predicted octanol–water partition coefficient (Wildman–Crippen LogP) is 4.19. The molecule has 0 aliphatic rings. The summed E-state index contributed by atoms with van der Waals surface area (Å²) in [5.41, 5.74) is 1.80. The maximum atomic E-state index is 10.3. The lowest BCUT2D eigenvalue weighted by molar-refractivity contribution is 0.284. The fraction of sp³-hybridized carbons (Fsp3) is 0.200. The van der Waals surface area contributed by atoms with Crippen LogP contribution in [0.5, 0.6) is 11.5 Å². The van der Waals surface area contributed by atoms with Gasteiger partial charge in [0.1, 0.15) is 13.2 Å². The number of ether oxygens (including phenoxy) is 2. The highest BCUT2D eigenvalue weighted by Gasteiger charge is 2.06. The van der Waals surface area contributed by atoms with Gasteiger partial charge in [-0.05, 0) is 35.4 Å². The van der Waals surface area contributed by atoms with Crippen LogP contribution in [0.1, 0.15) is 11.1 Å². The average Bonchev–Trinajstić information content (AvgIpc) is 2.47. The van der Waals surface area contributed by atoms with Crippen LogP contribution in [0, 0.1) is 4.91 Å². The minimum atomic E-state index is 0.119. The van der Waals surface area contributed by atoms with Crippen molar-refractivity contribution in [2.45, 2.75) is 13.2 Å². The standard InChI is InChI=1S/C15H14ClNO3/c1-19-15-8-12(9-17-18)4-7-14(15)20-10-11-2-5-13(16)6-3-11/h2-8H,9-10H2,1H3. The summed E-state index contributed by atoms with van der Waals surface area (Å²) in [6.07, 6.45) is 0. The van der Waals surface area contributed by atoms with Gasteiger partial charge < -0.3 is 9.47 Å². The van der Waals surface area contributed by atoms with E-state index in [9.17, 15) is 4.91 Å². The fourth-order valence-corrected chi connectivity index (χ4v) is 1.87. The molecule has 0 N–H and O–H groups in total. The maximum Gasteiger partial charge on any atom is 0.161 e. The summed E-state index contributed by atoms with van der Waals surface area (Å²) < 4.78 is 11.0. The molecule has 104 valence electrons. The largest absolute Gasteiger partial charge is 0.493 e. The van der Waals surface area contributed by atoms with Gasteiger partial charge in [0.05, 0.1) is 7.11 Å². The van der Waals surface area contributed by atoms with E-state index < -0.39 is 0 Å². The molecule has 0 atom stereocenters. The van der Waals surface area contributed by atoms with Crippen molar-refractivity contribution >= 4 is 11.6 Å². The highest BCUT2D eigenvalue weighted by Crippen LogP contribution is 2.29. The van der Waals surface area contributed by atoms with Crippen molar-refractivity contribution in [3.8, 4) is 11.5 Å². The zero-order valence-corrected chi connectivity index (χ0v) is 11.8. The van der Waals surface area contributed by atoms with Crippen molar-refractivity contribution in [1.82, 2.24) is 0 Å². The number of rotatable bonds is 6. The van der Waals surface area contributed by atoms with Gasteiger partial charge in [-0.1, -0.05) is 35.0 Å². The molecule has 0 heterocycles. The molecule has 0 radical (unpaired) electrons. The average molecular weight is 292 g/mol. The Kier molecular flexibility index (Phi) is 4.96. The number of nitrogens with zero attached hydrogens (tertiary/aromatic N) is 1. The van der Waals surface area contributed by atoms with E-state index in [1.807, 2.05) is 24.3 Å². The van der Waals surface area contributed by atoms with Crippen molar-refractivity contribution in [1.29, 1.82) is 0 Å². The van der Waals surface area contributed by atoms with Crippen molar-refractivity contribution < 1.29 is 9.47 Å². The van der Waals surface area contributed by atoms with Crippen LogP contribution in [0.2, 0.25) is 5.02 Å². The van der Waals surface area contributed by atoms with Gasteiger partial charge >= 0.3 is 0 Å². The SMILES string of the molecule is COc1cc(CN=O)ccc1OCc1ccc(Cl)cc1. The highest BCUT2D eigenvalue weighted by atomic mass is 35.5. The molecule has 4 nitrogen and oxygen atoms in total. The number of hydrogen-bond acceptors (Lipinski definition) is 4. The first-order chi connectivity index (χ1) is 9.72. The van der Waals surface area contributed by atoms with E-state index in [0.717, 1.165) is 11.1 Å². The number of nitroso groups, excluding NO2 is 1. The molecule has 2 rings (SSSR count). The van der Waals surface area contributed by atoms with Crippen LogP contribution in [0.3, 0.4) is 0 Å². The smallest absolute Gasteiger partial charge is 0.161 e. The Hall–Kier alpha value is -2.07. The molecule has 0 aromatic heterocycles. The molecule has 0 saturated heterocycles. The zero-order valence-electron chi connectivity index (χ0n) is 11.0. The van der Waals surface area contributed by atoms with Crippen molar-refractivity contribution in [2.24, 2.45) is 5.18 Å². The molecule has 0 spiro atoms. The first kappa shape index (κ1) is 14.3. The van der Waals surface area contributed by atoms with Crippen molar-refractivity contribution in [3.63, 3.8) is 0 Å². The lowest BCUT2D eigenvalue weighted by Gasteiger charge is -2.11. The lowest BCUT2D eigenvalue weighted by Crippen LogP contribution is -1.98. The third-order valence-corrected chi connectivity index (χ3v) is 3.03. The summed E-state index contributed by atoms with van der Waals surface area (Å²) in [5, 5.41) is 3.55. The summed E-state index contributed by atoms with van der Waals surface area (Å²) in [4.78, 5) is 10.3. The second-order valence-electron chi connectivity index (χ2n) is 4.19. The van der Waals surface area contributed by atoms with Gasteiger partial charge in [0.15, 0.2) is 11.5 Å². The van der Waals surface area contributed by atoms with E-state index >= 15 is 0 Å². The summed E-state index contributed by atoms with van der Waals surface area (Å²) in [5.74, 6) is 1.21. The second kappa shape index (κ2) is 6.91. The van der Waals surface area contributed by atoms with Crippen LogP contribution in [0.15, 0.2) is 47.6 Å². The number of methoxy groups -OCH3 is 1. The summed E-state index contributed by atoms with van der Waals surface area (Å²) >= 11 is 5.83. The summed E-state index contributed by atoms with van der Waals surface area (Å²) in [6.45, 7) is 0.534. The van der Waals surface area contributed by atoms with Gasteiger partial charge in [-0.15, -0.1) is 0 Å². The molecule has 0 bridgehead atoms. The number of halogens is 1. The molecule has 20 heavy (non-hydrogen) atoms. The van der Waals surface area contributed by atoms with Gasteiger partial charge in [-0.25, -0.2) is 0 Å². The first-order valence-corrected chi connectivity index (χ1v) is 6.44. The molecule has 0 amide bonds. The Morgan fingerprint density at radius 1 is 1.05 bits per heavy atom. The first-order valence-electron chi connectivity index (χ1n) is 6.06. The van der Waals surface area contributed by atoms with Gasteiger partial charge in [-0.2, -0.15) is 4.91 Å². The Morgan fingerprint density at radius 2 is 1.75 bits per heavy atom. The second-order valence-corrected chi connectivity index (χ2v) is 4.62. The van der Waals surface area contributed by atoms with E-state index in [-0.39, 0.29) is 6.54 Å². The molecule has 0 aliphatic heterocycles. The molecule has 0 fully saturated rings. The normalized spacial score (nSPS) is 10.1. The van der Waals surface area contributed by atoms with Crippen LogP contribution in [-0.4, -0.2) is 7.11 Å². The molecule has 0 aliphatic carbocycles. The highest BCUT2D eigenvalue weighted by molar-refractivity contribution is 6.30. The van der Waals surface area contributed by atoms with Gasteiger partial charge in [0, 0.05) is 5.02 Å². The molecule has 2 aromatic carbocycles.